The molecule has 2 N–H and O–H groups in total. The number of anilines is 1. The number of nitrogens with zero attached hydrogens (tertiary/aromatic N) is 1. The third-order valence-electron chi connectivity index (χ3n) is 4.71. The summed E-state index contributed by atoms with van der Waals surface area (Å²) in [6, 6.07) is 11.5. The normalized spacial score (nSPS) is 16.0. The number of amides is 3. The molecule has 3 amide bonds. The number of piperazine rings is 1. The third-order valence-corrected chi connectivity index (χ3v) is 4.96. The van der Waals surface area contributed by atoms with Crippen molar-refractivity contribution in [3.05, 3.63) is 58.6 Å². The summed E-state index contributed by atoms with van der Waals surface area (Å²) in [5.41, 5.74) is 2.71. The van der Waals surface area contributed by atoms with Crippen molar-refractivity contribution < 1.29 is 19.1 Å². The largest absolute Gasteiger partial charge is 0.484 e. The van der Waals surface area contributed by atoms with Crippen LogP contribution < -0.4 is 15.4 Å². The highest BCUT2D eigenvalue weighted by molar-refractivity contribution is 6.30. The molecule has 1 unspecified atom stereocenters. The maximum atomic E-state index is 12.7. The van der Waals surface area contributed by atoms with Crippen LogP contribution >= 0.6 is 11.6 Å². The van der Waals surface area contributed by atoms with E-state index in [1.807, 2.05) is 32.0 Å². The van der Waals surface area contributed by atoms with Crippen molar-refractivity contribution in [2.24, 2.45) is 0 Å². The van der Waals surface area contributed by atoms with Crippen LogP contribution in [0, 0.1) is 13.8 Å². The quantitative estimate of drug-likeness (QED) is 0.739. The van der Waals surface area contributed by atoms with Gasteiger partial charge in [-0.25, -0.2) is 0 Å². The SMILES string of the molecule is Cc1cc(C)cc(NC(=O)CC2C(=O)NCCN2C(=O)COc2ccc(Cl)cc2)c1. The summed E-state index contributed by atoms with van der Waals surface area (Å²) >= 11 is 5.84. The van der Waals surface area contributed by atoms with E-state index in [0.29, 0.717) is 29.5 Å². The van der Waals surface area contributed by atoms with Crippen LogP contribution in [0.2, 0.25) is 5.02 Å². The fraction of sp³-hybridized carbons (Fsp3) is 0.318. The van der Waals surface area contributed by atoms with Gasteiger partial charge in [-0.05, 0) is 61.4 Å². The molecule has 1 heterocycles. The third kappa shape index (κ3) is 5.73. The monoisotopic (exact) mass is 429 g/mol. The van der Waals surface area contributed by atoms with Gasteiger partial charge in [0.15, 0.2) is 6.61 Å². The summed E-state index contributed by atoms with van der Waals surface area (Å²) in [5.74, 6) is -0.544. The Morgan fingerprint density at radius 2 is 1.83 bits per heavy atom. The molecule has 0 aromatic heterocycles. The standard InChI is InChI=1S/C22H24ClN3O4/c1-14-9-15(2)11-17(10-14)25-20(27)12-19-22(29)24-7-8-26(19)21(28)13-30-18-5-3-16(23)4-6-18/h3-6,9-11,19H,7-8,12-13H2,1-2H3,(H,24,29)(H,25,27). The van der Waals surface area contributed by atoms with Gasteiger partial charge in [-0.1, -0.05) is 17.7 Å². The minimum Gasteiger partial charge on any atom is -0.484 e. The van der Waals surface area contributed by atoms with E-state index in [2.05, 4.69) is 10.6 Å². The van der Waals surface area contributed by atoms with E-state index in [1.165, 1.54) is 4.90 Å². The average molecular weight is 430 g/mol. The molecule has 158 valence electrons. The predicted octanol–water partition coefficient (Wildman–Crippen LogP) is 2.69. The van der Waals surface area contributed by atoms with Gasteiger partial charge in [-0.3, -0.25) is 14.4 Å². The number of benzene rings is 2. The Kier molecular flexibility index (Phi) is 6.95. The van der Waals surface area contributed by atoms with Crippen LogP contribution in [0.3, 0.4) is 0 Å². The lowest BCUT2D eigenvalue weighted by molar-refractivity contribution is -0.145. The highest BCUT2D eigenvalue weighted by atomic mass is 35.5. The number of hydrogen-bond acceptors (Lipinski definition) is 4. The molecule has 30 heavy (non-hydrogen) atoms. The van der Waals surface area contributed by atoms with E-state index in [0.717, 1.165) is 11.1 Å². The maximum absolute atomic E-state index is 12.7. The molecule has 7 nitrogen and oxygen atoms in total. The van der Waals surface area contributed by atoms with Crippen molar-refractivity contribution in [2.75, 3.05) is 25.0 Å². The number of rotatable bonds is 6. The Labute approximate surface area is 180 Å². The molecule has 0 radical (unpaired) electrons. The van der Waals surface area contributed by atoms with Crippen molar-refractivity contribution in [1.82, 2.24) is 10.2 Å². The van der Waals surface area contributed by atoms with Gasteiger partial charge in [0, 0.05) is 23.8 Å². The fourth-order valence-electron chi connectivity index (χ4n) is 3.41. The summed E-state index contributed by atoms with van der Waals surface area (Å²) in [6.45, 7) is 4.30. The molecular formula is C22H24ClN3O4. The molecule has 0 bridgehead atoms. The summed E-state index contributed by atoms with van der Waals surface area (Å²) in [6.07, 6.45) is -0.133. The molecule has 1 saturated heterocycles. The summed E-state index contributed by atoms with van der Waals surface area (Å²) in [5, 5.41) is 6.10. The number of hydrogen-bond donors (Lipinski definition) is 2. The van der Waals surface area contributed by atoms with E-state index in [-0.39, 0.29) is 30.7 Å². The van der Waals surface area contributed by atoms with Crippen LogP contribution in [0.4, 0.5) is 5.69 Å². The first-order chi connectivity index (χ1) is 14.3. The van der Waals surface area contributed by atoms with E-state index >= 15 is 0 Å². The summed E-state index contributed by atoms with van der Waals surface area (Å²) < 4.78 is 5.50. The van der Waals surface area contributed by atoms with E-state index in [9.17, 15) is 14.4 Å². The minimum absolute atomic E-state index is 0.133. The van der Waals surface area contributed by atoms with E-state index in [4.69, 9.17) is 16.3 Å². The molecule has 0 spiro atoms. The zero-order valence-electron chi connectivity index (χ0n) is 16.9. The van der Waals surface area contributed by atoms with Crippen LogP contribution in [0.15, 0.2) is 42.5 Å². The van der Waals surface area contributed by atoms with Gasteiger partial charge in [0.1, 0.15) is 11.8 Å². The lowest BCUT2D eigenvalue weighted by atomic mass is 10.1. The van der Waals surface area contributed by atoms with Gasteiger partial charge in [0.25, 0.3) is 5.91 Å². The molecule has 2 aromatic carbocycles. The lowest BCUT2D eigenvalue weighted by Crippen LogP contribution is -2.58. The number of halogens is 1. The smallest absolute Gasteiger partial charge is 0.261 e. The number of ether oxygens (including phenoxy) is 1. The molecule has 1 aliphatic rings. The Hall–Kier alpha value is -3.06. The van der Waals surface area contributed by atoms with Crippen LogP contribution in [0.25, 0.3) is 0 Å². The fourth-order valence-corrected chi connectivity index (χ4v) is 3.54. The molecule has 0 saturated carbocycles. The van der Waals surface area contributed by atoms with Crippen LogP contribution in [-0.4, -0.2) is 48.4 Å². The molecular weight excluding hydrogens is 406 g/mol. The van der Waals surface area contributed by atoms with Crippen LogP contribution in [0.1, 0.15) is 17.5 Å². The van der Waals surface area contributed by atoms with Crippen molar-refractivity contribution in [3.63, 3.8) is 0 Å². The average Bonchev–Trinajstić information content (AvgIpc) is 2.68. The molecule has 0 aliphatic carbocycles. The molecule has 2 aromatic rings. The second kappa shape index (κ2) is 9.63. The van der Waals surface area contributed by atoms with Crippen molar-refractivity contribution >= 4 is 35.0 Å². The predicted molar refractivity (Wildman–Crippen MR) is 115 cm³/mol. The first kappa shape index (κ1) is 21.6. The first-order valence-electron chi connectivity index (χ1n) is 9.65. The first-order valence-corrected chi connectivity index (χ1v) is 10.0. The van der Waals surface area contributed by atoms with Gasteiger partial charge in [-0.15, -0.1) is 0 Å². The topological polar surface area (TPSA) is 87.7 Å². The Balaban J connectivity index is 1.63. The molecule has 8 heteroatoms. The minimum atomic E-state index is -0.883. The zero-order valence-corrected chi connectivity index (χ0v) is 17.7. The van der Waals surface area contributed by atoms with Crippen LogP contribution in [0.5, 0.6) is 5.75 Å². The van der Waals surface area contributed by atoms with Gasteiger partial charge in [0.05, 0.1) is 6.42 Å². The highest BCUT2D eigenvalue weighted by Gasteiger charge is 2.34. The number of aryl methyl sites for hydroxylation is 2. The van der Waals surface area contributed by atoms with Crippen molar-refractivity contribution in [3.8, 4) is 5.75 Å². The van der Waals surface area contributed by atoms with E-state index in [1.54, 1.807) is 24.3 Å². The Morgan fingerprint density at radius 3 is 2.50 bits per heavy atom. The molecule has 1 atom stereocenters. The molecule has 3 rings (SSSR count). The van der Waals surface area contributed by atoms with Gasteiger partial charge < -0.3 is 20.3 Å². The van der Waals surface area contributed by atoms with Crippen molar-refractivity contribution in [1.29, 1.82) is 0 Å². The van der Waals surface area contributed by atoms with Crippen molar-refractivity contribution in [2.45, 2.75) is 26.3 Å². The van der Waals surface area contributed by atoms with Crippen LogP contribution in [-0.2, 0) is 14.4 Å². The van der Waals surface area contributed by atoms with Gasteiger partial charge in [-0.2, -0.15) is 0 Å². The number of carbonyl (C=O) groups is 3. The summed E-state index contributed by atoms with van der Waals surface area (Å²) in [7, 11) is 0. The Morgan fingerprint density at radius 1 is 1.17 bits per heavy atom. The zero-order chi connectivity index (χ0) is 21.7. The second-order valence-electron chi connectivity index (χ2n) is 7.27. The second-order valence-corrected chi connectivity index (χ2v) is 7.70. The molecule has 1 fully saturated rings. The number of nitrogens with one attached hydrogen (secondary N) is 2. The highest BCUT2D eigenvalue weighted by Crippen LogP contribution is 2.18. The maximum Gasteiger partial charge on any atom is 0.261 e. The lowest BCUT2D eigenvalue weighted by Gasteiger charge is -2.34. The van der Waals surface area contributed by atoms with E-state index < -0.39 is 6.04 Å². The van der Waals surface area contributed by atoms with Gasteiger partial charge in [0.2, 0.25) is 11.8 Å². The summed E-state index contributed by atoms with van der Waals surface area (Å²) in [4.78, 5) is 39.0. The number of carbonyl (C=O) groups excluding carboxylic acids is 3. The van der Waals surface area contributed by atoms with Gasteiger partial charge >= 0.3 is 0 Å². The molecule has 1 aliphatic heterocycles. The Bertz CT molecular complexity index is 926.